The zero-order valence-corrected chi connectivity index (χ0v) is 6.74. The molecule has 1 heteroatoms. The Morgan fingerprint density at radius 3 is 2.78 bits per heavy atom. The van der Waals surface area contributed by atoms with Gasteiger partial charge >= 0.3 is 0 Å². The Kier molecular flexibility index (Phi) is 1.16. The number of hydrogen-bond donors (Lipinski definition) is 0. The second-order valence-electron chi connectivity index (χ2n) is 3.36. The van der Waals surface area contributed by atoms with E-state index in [1.807, 2.05) is 0 Å². The van der Waals surface area contributed by atoms with Crippen molar-refractivity contribution >= 4 is 11.8 Å². The lowest BCUT2D eigenvalue weighted by Gasteiger charge is -2.13. The average molecular weight is 140 g/mol. The Morgan fingerprint density at radius 1 is 1.67 bits per heavy atom. The zero-order chi connectivity index (χ0) is 6.43. The van der Waals surface area contributed by atoms with Crippen LogP contribution < -0.4 is 0 Å². The zero-order valence-electron chi connectivity index (χ0n) is 5.92. The lowest BCUT2D eigenvalue weighted by atomic mass is 9.91. The molecule has 1 heterocycles. The summed E-state index contributed by atoms with van der Waals surface area (Å²) in [6.07, 6.45) is 3.78. The van der Waals surface area contributed by atoms with E-state index in [-0.39, 0.29) is 0 Å². The summed E-state index contributed by atoms with van der Waals surface area (Å²) in [6.45, 7) is 4.59. The van der Waals surface area contributed by atoms with Crippen LogP contribution >= 0.6 is 11.8 Å². The van der Waals surface area contributed by atoms with Crippen molar-refractivity contribution < 1.29 is 0 Å². The molecule has 1 aliphatic carbocycles. The van der Waals surface area contributed by atoms with E-state index in [0.29, 0.717) is 0 Å². The molecule has 0 aromatic rings. The van der Waals surface area contributed by atoms with Gasteiger partial charge in [0.2, 0.25) is 0 Å². The van der Waals surface area contributed by atoms with E-state index < -0.39 is 0 Å². The maximum absolute atomic E-state index is 2.44. The third kappa shape index (κ3) is 0.917. The van der Waals surface area contributed by atoms with Gasteiger partial charge in [-0.2, -0.15) is 0 Å². The van der Waals surface area contributed by atoms with Crippen LogP contribution in [0.4, 0.5) is 0 Å². The normalized spacial score (nSPS) is 37.4. The van der Waals surface area contributed by atoms with E-state index in [9.17, 15) is 0 Å². The highest BCUT2D eigenvalue weighted by atomic mass is 32.2. The average Bonchev–Trinajstić information content (AvgIpc) is 2.35. The lowest BCUT2D eigenvalue weighted by molar-refractivity contribution is 0.623. The van der Waals surface area contributed by atoms with E-state index >= 15 is 0 Å². The lowest BCUT2D eigenvalue weighted by Crippen LogP contribution is -2.09. The molecule has 50 valence electrons. The van der Waals surface area contributed by atoms with Gasteiger partial charge in [-0.25, -0.2) is 0 Å². The first-order valence-corrected chi connectivity index (χ1v) is 4.57. The van der Waals surface area contributed by atoms with Crippen LogP contribution in [0.2, 0.25) is 0 Å². The van der Waals surface area contributed by atoms with E-state index in [4.69, 9.17) is 0 Å². The van der Waals surface area contributed by atoms with E-state index in [0.717, 1.165) is 16.4 Å². The first-order valence-electron chi connectivity index (χ1n) is 3.63. The predicted octanol–water partition coefficient (Wildman–Crippen LogP) is 2.46. The molecule has 0 saturated carbocycles. The van der Waals surface area contributed by atoms with Crippen molar-refractivity contribution in [3.63, 3.8) is 0 Å². The van der Waals surface area contributed by atoms with Gasteiger partial charge in [-0.05, 0) is 12.3 Å². The summed E-state index contributed by atoms with van der Waals surface area (Å²) in [7, 11) is 0. The summed E-state index contributed by atoms with van der Waals surface area (Å²) in [5, 5.41) is 1.94. The van der Waals surface area contributed by atoms with Crippen molar-refractivity contribution in [2.75, 3.05) is 0 Å². The van der Waals surface area contributed by atoms with Gasteiger partial charge in [0.15, 0.2) is 0 Å². The highest BCUT2D eigenvalue weighted by molar-refractivity contribution is 8.08. The first kappa shape index (κ1) is 5.84. The summed E-state index contributed by atoms with van der Waals surface area (Å²) in [6, 6.07) is 0. The predicted molar refractivity (Wildman–Crippen MR) is 42.7 cm³/mol. The number of rotatable bonds is 2. The van der Waals surface area contributed by atoms with Crippen LogP contribution in [0.15, 0.2) is 11.6 Å². The van der Waals surface area contributed by atoms with E-state index in [1.54, 1.807) is 5.57 Å². The van der Waals surface area contributed by atoms with Gasteiger partial charge < -0.3 is 0 Å². The molecule has 9 heavy (non-hydrogen) atoms. The van der Waals surface area contributed by atoms with Crippen LogP contribution in [0.1, 0.15) is 20.3 Å². The summed E-state index contributed by atoms with van der Waals surface area (Å²) < 4.78 is 0. The second-order valence-corrected chi connectivity index (χ2v) is 4.69. The van der Waals surface area contributed by atoms with Crippen LogP contribution in [0.3, 0.4) is 0 Å². The topological polar surface area (TPSA) is 0 Å². The molecule has 1 aliphatic heterocycles. The fourth-order valence-electron chi connectivity index (χ4n) is 1.39. The van der Waals surface area contributed by atoms with Crippen molar-refractivity contribution in [2.45, 2.75) is 30.8 Å². The maximum Gasteiger partial charge on any atom is 0.0417 e. The van der Waals surface area contributed by atoms with Gasteiger partial charge in [-0.3, -0.25) is 0 Å². The number of hydrogen-bond acceptors (Lipinski definition) is 1. The monoisotopic (exact) mass is 140 g/mol. The molecule has 0 radical (unpaired) electrons. The summed E-state index contributed by atoms with van der Waals surface area (Å²) in [5.41, 5.74) is 1.72. The molecule has 1 saturated heterocycles. The van der Waals surface area contributed by atoms with Gasteiger partial charge in [0, 0.05) is 10.5 Å². The summed E-state index contributed by atoms with van der Waals surface area (Å²) in [4.78, 5) is 0. The molecule has 0 aromatic heterocycles. The Labute approximate surface area is 60.7 Å². The van der Waals surface area contributed by atoms with Crippen LogP contribution in [0, 0.1) is 5.92 Å². The molecule has 1 fully saturated rings. The molecule has 0 bridgehead atoms. The van der Waals surface area contributed by atoms with Crippen molar-refractivity contribution in [1.29, 1.82) is 0 Å². The molecule has 0 nitrogen and oxygen atoms in total. The minimum Gasteiger partial charge on any atom is -0.144 e. The SMILES string of the molecule is CC(C)CC1=CC2SC12. The van der Waals surface area contributed by atoms with Crippen LogP contribution in [-0.4, -0.2) is 10.5 Å². The Hall–Kier alpha value is 0.0900. The fraction of sp³-hybridized carbons (Fsp3) is 0.750. The molecule has 0 N–H and O–H groups in total. The smallest absolute Gasteiger partial charge is 0.0417 e. The molecule has 2 atom stereocenters. The second kappa shape index (κ2) is 1.79. The molecular formula is C8H12S. The summed E-state index contributed by atoms with van der Waals surface area (Å²) >= 11 is 2.11. The maximum atomic E-state index is 2.44. The number of thioether (sulfide) groups is 1. The molecule has 0 spiro atoms. The molecular weight excluding hydrogens is 128 g/mol. The summed E-state index contributed by atoms with van der Waals surface area (Å²) in [5.74, 6) is 0.860. The van der Waals surface area contributed by atoms with Crippen molar-refractivity contribution in [1.82, 2.24) is 0 Å². The quantitative estimate of drug-likeness (QED) is 0.419. The van der Waals surface area contributed by atoms with Crippen LogP contribution in [-0.2, 0) is 0 Å². The Bertz CT molecular complexity index is 158. The van der Waals surface area contributed by atoms with Crippen molar-refractivity contribution in [3.05, 3.63) is 11.6 Å². The van der Waals surface area contributed by atoms with E-state index in [1.165, 1.54) is 6.42 Å². The fourth-order valence-corrected chi connectivity index (χ4v) is 2.50. The van der Waals surface area contributed by atoms with Gasteiger partial charge in [0.25, 0.3) is 0 Å². The number of fused-ring (bicyclic) bond motifs is 1. The van der Waals surface area contributed by atoms with Gasteiger partial charge in [0.05, 0.1) is 0 Å². The first-order chi connectivity index (χ1) is 4.27. The van der Waals surface area contributed by atoms with Gasteiger partial charge in [-0.15, -0.1) is 11.8 Å². The third-order valence-electron chi connectivity index (χ3n) is 1.91. The van der Waals surface area contributed by atoms with Crippen molar-refractivity contribution in [2.24, 2.45) is 5.92 Å². The Balaban J connectivity index is 1.88. The molecule has 0 aromatic carbocycles. The molecule has 2 unspecified atom stereocenters. The highest BCUT2D eigenvalue weighted by Crippen LogP contribution is 2.56. The van der Waals surface area contributed by atoms with Crippen molar-refractivity contribution in [3.8, 4) is 0 Å². The molecule has 0 amide bonds. The van der Waals surface area contributed by atoms with E-state index in [2.05, 4.69) is 31.7 Å². The highest BCUT2D eigenvalue weighted by Gasteiger charge is 2.46. The standard InChI is InChI=1S/C8H12S/c1-5(2)3-6-4-7-8(6)9-7/h4-5,7-8H,3H2,1-2H3. The largest absolute Gasteiger partial charge is 0.144 e. The van der Waals surface area contributed by atoms with Crippen LogP contribution in [0.5, 0.6) is 0 Å². The molecule has 2 rings (SSSR count). The Morgan fingerprint density at radius 2 is 2.44 bits per heavy atom. The minimum absolute atomic E-state index is 0.860. The van der Waals surface area contributed by atoms with Crippen LogP contribution in [0.25, 0.3) is 0 Å². The van der Waals surface area contributed by atoms with Gasteiger partial charge in [0.1, 0.15) is 0 Å². The molecule has 2 aliphatic rings. The van der Waals surface area contributed by atoms with Gasteiger partial charge in [-0.1, -0.05) is 25.5 Å². The minimum atomic E-state index is 0.860. The third-order valence-corrected chi connectivity index (χ3v) is 3.21.